The fourth-order valence-corrected chi connectivity index (χ4v) is 0.625. The fraction of sp³-hybridized carbons (Fsp3) is 1.00. The molecule has 0 aromatic heterocycles. The second-order valence-corrected chi connectivity index (χ2v) is 3.11. The van der Waals surface area contributed by atoms with Gasteiger partial charge in [0.1, 0.15) is 13.3 Å². The first kappa shape index (κ1) is 8.02. The van der Waals surface area contributed by atoms with Crippen LogP contribution in [0, 0.1) is 0 Å². The number of hydrogen-bond acceptors (Lipinski definition) is 3. The van der Waals surface area contributed by atoms with Crippen molar-refractivity contribution in [2.45, 2.75) is 0 Å². The summed E-state index contributed by atoms with van der Waals surface area (Å²) in [6.07, 6.45) is 0.635. The van der Waals surface area contributed by atoms with Crippen LogP contribution in [-0.2, 0) is 9.40 Å². The van der Waals surface area contributed by atoms with Crippen molar-refractivity contribution in [2.75, 3.05) is 26.5 Å². The maximum atomic E-state index is 10.4. The van der Waals surface area contributed by atoms with E-state index in [9.17, 15) is 4.57 Å². The van der Waals surface area contributed by atoms with Gasteiger partial charge < -0.3 is 0 Å². The molecule has 8 heavy (non-hydrogen) atoms. The van der Waals surface area contributed by atoms with Crippen molar-refractivity contribution in [3.05, 3.63) is 0 Å². The summed E-state index contributed by atoms with van der Waals surface area (Å²) in [5, 5.41) is 0. The summed E-state index contributed by atoms with van der Waals surface area (Å²) in [6, 6.07) is 0. The van der Waals surface area contributed by atoms with Crippen LogP contribution in [0.25, 0.3) is 0 Å². The zero-order chi connectivity index (χ0) is 6.41. The van der Waals surface area contributed by atoms with E-state index in [0.29, 0.717) is 12.8 Å². The maximum Gasteiger partial charge on any atom is 0.338 e. The highest BCUT2D eigenvalue weighted by atomic mass is 31.1. The van der Waals surface area contributed by atoms with E-state index in [2.05, 4.69) is 5.48 Å². The monoisotopic (exact) mass is 136 g/mol. The van der Waals surface area contributed by atoms with Gasteiger partial charge in [0, 0.05) is 7.05 Å². The van der Waals surface area contributed by atoms with Gasteiger partial charge in [-0.15, -0.1) is 0 Å². The van der Waals surface area contributed by atoms with Crippen LogP contribution < -0.4 is 5.48 Å². The van der Waals surface area contributed by atoms with Crippen molar-refractivity contribution in [3.63, 3.8) is 0 Å². The van der Waals surface area contributed by atoms with Crippen LogP contribution in [0.2, 0.25) is 0 Å². The van der Waals surface area contributed by atoms with E-state index >= 15 is 0 Å². The van der Waals surface area contributed by atoms with Crippen molar-refractivity contribution in [2.24, 2.45) is 0 Å². The minimum atomic E-state index is -1.03. The molecule has 3 nitrogen and oxygen atoms in total. The van der Waals surface area contributed by atoms with E-state index < -0.39 is 7.80 Å². The van der Waals surface area contributed by atoms with Crippen LogP contribution in [-0.4, -0.2) is 26.5 Å². The van der Waals surface area contributed by atoms with Crippen molar-refractivity contribution in [3.8, 4) is 0 Å². The molecule has 0 aliphatic carbocycles. The zero-order valence-corrected chi connectivity index (χ0v) is 6.07. The summed E-state index contributed by atoms with van der Waals surface area (Å²) in [4.78, 5) is 4.71. The fourth-order valence-electron chi connectivity index (χ4n) is 0.276. The van der Waals surface area contributed by atoms with E-state index in [4.69, 9.17) is 4.84 Å². The summed E-state index contributed by atoms with van der Waals surface area (Å²) < 4.78 is 10.4. The lowest BCUT2D eigenvalue weighted by molar-refractivity contribution is 0.0701. The Morgan fingerprint density at radius 3 is 2.75 bits per heavy atom. The molecule has 0 aromatic rings. The third-order valence-electron chi connectivity index (χ3n) is 0.653. The number of hydroxylamine groups is 1. The first-order chi connectivity index (χ1) is 3.77. The van der Waals surface area contributed by atoms with Crippen molar-refractivity contribution >= 4 is 7.80 Å². The van der Waals surface area contributed by atoms with Crippen LogP contribution in [0.5, 0.6) is 0 Å². The third-order valence-corrected chi connectivity index (χ3v) is 1.46. The summed E-state index contributed by atoms with van der Waals surface area (Å²) in [5.74, 6) is 0. The minimum Gasteiger partial charge on any atom is -0.298 e. The second-order valence-electron chi connectivity index (χ2n) is 1.40. The number of rotatable bonds is 4. The average molecular weight is 136 g/mol. The molecule has 0 aromatic carbocycles. The molecular formula is C4H11NO2P+. The Morgan fingerprint density at radius 2 is 2.38 bits per heavy atom. The van der Waals surface area contributed by atoms with Crippen molar-refractivity contribution in [1.82, 2.24) is 5.48 Å². The summed E-state index contributed by atoms with van der Waals surface area (Å²) in [7, 11) is 0.656. The van der Waals surface area contributed by atoms with Gasteiger partial charge in [-0.1, -0.05) is 4.57 Å². The van der Waals surface area contributed by atoms with E-state index in [1.807, 2.05) is 0 Å². The Kier molecular flexibility index (Phi) is 5.18. The van der Waals surface area contributed by atoms with Gasteiger partial charge in [0.2, 0.25) is 0 Å². The molecule has 0 aliphatic heterocycles. The SMILES string of the molecule is CNOCC[P+](C)=O. The van der Waals surface area contributed by atoms with Crippen molar-refractivity contribution < 1.29 is 9.40 Å². The Balaban J connectivity index is 2.82. The molecule has 0 bridgehead atoms. The molecule has 0 radical (unpaired) electrons. The quantitative estimate of drug-likeness (QED) is 0.349. The molecule has 0 heterocycles. The molecule has 4 heteroatoms. The minimum absolute atomic E-state index is 0.530. The highest BCUT2D eigenvalue weighted by molar-refractivity contribution is 7.43. The first-order valence-electron chi connectivity index (χ1n) is 2.44. The average Bonchev–Trinajstić information content (AvgIpc) is 1.66. The van der Waals surface area contributed by atoms with Gasteiger partial charge in [0.15, 0.2) is 6.16 Å². The molecule has 1 unspecified atom stereocenters. The zero-order valence-electron chi connectivity index (χ0n) is 5.18. The predicted octanol–water partition coefficient (Wildman–Crippen LogP) is 0.595. The topological polar surface area (TPSA) is 38.3 Å². The summed E-state index contributed by atoms with van der Waals surface area (Å²) in [6.45, 7) is 2.22. The van der Waals surface area contributed by atoms with Gasteiger partial charge in [-0.25, -0.2) is 5.48 Å². The molecule has 0 rings (SSSR count). The van der Waals surface area contributed by atoms with E-state index in [1.54, 1.807) is 13.7 Å². The van der Waals surface area contributed by atoms with Crippen LogP contribution in [0.3, 0.4) is 0 Å². The first-order valence-corrected chi connectivity index (χ1v) is 4.33. The summed E-state index contributed by atoms with van der Waals surface area (Å²) in [5.41, 5.74) is 2.49. The van der Waals surface area contributed by atoms with Crippen LogP contribution in [0.4, 0.5) is 0 Å². The highest BCUT2D eigenvalue weighted by Crippen LogP contribution is 2.10. The normalized spacial score (nSPS) is 11.5. The Bertz CT molecular complexity index is 76.4. The van der Waals surface area contributed by atoms with Crippen LogP contribution in [0.1, 0.15) is 0 Å². The smallest absolute Gasteiger partial charge is 0.298 e. The number of hydrogen-bond donors (Lipinski definition) is 1. The van der Waals surface area contributed by atoms with Crippen LogP contribution >= 0.6 is 7.80 Å². The number of nitrogens with one attached hydrogen (secondary N) is 1. The predicted molar refractivity (Wildman–Crippen MR) is 33.4 cm³/mol. The highest BCUT2D eigenvalue weighted by Gasteiger charge is 2.02. The largest absolute Gasteiger partial charge is 0.338 e. The van der Waals surface area contributed by atoms with Gasteiger partial charge in [-0.05, 0) is 0 Å². The lowest BCUT2D eigenvalue weighted by atomic mass is 10.9. The molecule has 0 aliphatic rings. The summed E-state index contributed by atoms with van der Waals surface area (Å²) >= 11 is 0. The lowest BCUT2D eigenvalue weighted by Gasteiger charge is -1.91. The second kappa shape index (κ2) is 5.16. The lowest BCUT2D eigenvalue weighted by Crippen LogP contribution is -2.09. The standard InChI is InChI=1S/C4H11NO2P/c1-5-7-3-4-8(2)6/h5H,3-4H2,1-2H3/q+1. The Morgan fingerprint density at radius 1 is 1.75 bits per heavy atom. The van der Waals surface area contributed by atoms with Gasteiger partial charge in [-0.3, -0.25) is 4.84 Å². The molecule has 0 saturated heterocycles. The molecule has 48 valence electrons. The molecular weight excluding hydrogens is 125 g/mol. The molecule has 0 fully saturated rings. The van der Waals surface area contributed by atoms with Crippen LogP contribution in [0.15, 0.2) is 0 Å². The Hall–Kier alpha value is 0.0200. The van der Waals surface area contributed by atoms with E-state index in [-0.39, 0.29) is 0 Å². The third kappa shape index (κ3) is 6.02. The molecule has 1 atom stereocenters. The van der Waals surface area contributed by atoms with Gasteiger partial charge >= 0.3 is 7.80 Å². The van der Waals surface area contributed by atoms with Crippen molar-refractivity contribution in [1.29, 1.82) is 0 Å². The Labute approximate surface area is 50.2 Å². The van der Waals surface area contributed by atoms with Gasteiger partial charge in [0.05, 0.1) is 0 Å². The van der Waals surface area contributed by atoms with Gasteiger partial charge in [0.25, 0.3) is 0 Å². The molecule has 0 spiro atoms. The maximum absolute atomic E-state index is 10.4. The molecule has 1 N–H and O–H groups in total. The van der Waals surface area contributed by atoms with E-state index in [0.717, 1.165) is 0 Å². The van der Waals surface area contributed by atoms with E-state index in [1.165, 1.54) is 0 Å². The van der Waals surface area contributed by atoms with Gasteiger partial charge in [-0.2, -0.15) is 0 Å². The molecule has 0 saturated carbocycles. The molecule has 0 amide bonds.